The number of unbranched alkanes of at least 4 members (excludes halogenated alkanes) is 1. The maximum atomic E-state index is 5.71. The summed E-state index contributed by atoms with van der Waals surface area (Å²) in [5, 5.41) is 0. The van der Waals surface area contributed by atoms with Gasteiger partial charge in [-0.15, -0.1) is 0 Å². The molecular weight excluding hydrogens is 220 g/mol. The van der Waals surface area contributed by atoms with Crippen LogP contribution < -0.4 is 4.74 Å². The van der Waals surface area contributed by atoms with Crippen molar-refractivity contribution in [2.24, 2.45) is 5.92 Å². The van der Waals surface area contributed by atoms with Crippen molar-refractivity contribution < 1.29 is 4.74 Å². The lowest BCUT2D eigenvalue weighted by Gasteiger charge is -2.26. The lowest BCUT2D eigenvalue weighted by atomic mass is 9.79. The van der Waals surface area contributed by atoms with Crippen molar-refractivity contribution in [1.82, 2.24) is 0 Å². The monoisotopic (exact) mass is 246 g/mol. The molecule has 2 rings (SSSR count). The summed E-state index contributed by atoms with van der Waals surface area (Å²) < 4.78 is 5.71. The first-order valence-corrected chi connectivity index (χ1v) is 7.52. The van der Waals surface area contributed by atoms with Crippen molar-refractivity contribution >= 4 is 0 Å². The fourth-order valence-electron chi connectivity index (χ4n) is 2.76. The first kappa shape index (κ1) is 13.5. The van der Waals surface area contributed by atoms with Crippen molar-refractivity contribution in [3.63, 3.8) is 0 Å². The first-order valence-electron chi connectivity index (χ1n) is 7.52. The Morgan fingerprint density at radius 2 is 1.72 bits per heavy atom. The third-order valence-electron chi connectivity index (χ3n) is 4.13. The van der Waals surface area contributed by atoms with Crippen LogP contribution in [0.5, 0.6) is 5.75 Å². The van der Waals surface area contributed by atoms with Crippen LogP contribution in [0.2, 0.25) is 0 Å². The van der Waals surface area contributed by atoms with Gasteiger partial charge in [0.15, 0.2) is 0 Å². The lowest BCUT2D eigenvalue weighted by Crippen LogP contribution is -2.10. The van der Waals surface area contributed by atoms with Gasteiger partial charge in [0.25, 0.3) is 0 Å². The standard InChI is InChI=1S/C17H26O/c1-3-4-13-18-17-11-9-16(10-12-17)15-7-5-14(2)6-8-15/h9-12,14-15H,3-8,13H2,1-2H3. The summed E-state index contributed by atoms with van der Waals surface area (Å²) in [7, 11) is 0. The Kier molecular flexibility index (Phi) is 5.10. The number of benzene rings is 1. The Labute approximate surface area is 112 Å². The molecule has 1 aromatic carbocycles. The largest absolute Gasteiger partial charge is 0.494 e. The van der Waals surface area contributed by atoms with Gasteiger partial charge in [0, 0.05) is 0 Å². The van der Waals surface area contributed by atoms with Gasteiger partial charge in [0.2, 0.25) is 0 Å². The molecule has 100 valence electrons. The van der Waals surface area contributed by atoms with E-state index in [9.17, 15) is 0 Å². The topological polar surface area (TPSA) is 9.23 Å². The van der Waals surface area contributed by atoms with Gasteiger partial charge in [0.1, 0.15) is 5.75 Å². The van der Waals surface area contributed by atoms with Gasteiger partial charge < -0.3 is 4.74 Å². The minimum absolute atomic E-state index is 0.783. The van der Waals surface area contributed by atoms with Gasteiger partial charge in [-0.05, 0) is 48.8 Å². The van der Waals surface area contributed by atoms with E-state index in [1.165, 1.54) is 37.7 Å². The third kappa shape index (κ3) is 3.76. The Morgan fingerprint density at radius 1 is 1.06 bits per heavy atom. The Balaban J connectivity index is 1.87. The van der Waals surface area contributed by atoms with Crippen molar-refractivity contribution in [2.45, 2.75) is 58.3 Å². The van der Waals surface area contributed by atoms with Gasteiger partial charge in [0.05, 0.1) is 6.61 Å². The number of ether oxygens (including phenoxy) is 1. The van der Waals surface area contributed by atoms with Crippen LogP contribution in [0.15, 0.2) is 24.3 Å². The fraction of sp³-hybridized carbons (Fsp3) is 0.647. The van der Waals surface area contributed by atoms with Crippen LogP contribution in [0, 0.1) is 5.92 Å². The summed E-state index contributed by atoms with van der Waals surface area (Å²) in [4.78, 5) is 0. The van der Waals surface area contributed by atoms with Crippen LogP contribution in [-0.4, -0.2) is 6.61 Å². The molecule has 0 radical (unpaired) electrons. The summed E-state index contributed by atoms with van der Waals surface area (Å²) in [6.45, 7) is 5.41. The Morgan fingerprint density at radius 3 is 2.33 bits per heavy atom. The third-order valence-corrected chi connectivity index (χ3v) is 4.13. The molecule has 1 saturated carbocycles. The van der Waals surface area contributed by atoms with Crippen LogP contribution in [0.25, 0.3) is 0 Å². The van der Waals surface area contributed by atoms with Gasteiger partial charge >= 0.3 is 0 Å². The molecule has 0 saturated heterocycles. The molecule has 0 aromatic heterocycles. The highest BCUT2D eigenvalue weighted by Crippen LogP contribution is 2.35. The molecule has 1 aliphatic carbocycles. The summed E-state index contributed by atoms with van der Waals surface area (Å²) in [5.74, 6) is 2.74. The van der Waals surface area contributed by atoms with Gasteiger partial charge in [-0.1, -0.05) is 45.2 Å². The SMILES string of the molecule is CCCCOc1ccc(C2CCC(C)CC2)cc1. The molecule has 0 bridgehead atoms. The molecule has 1 aromatic rings. The van der Waals surface area contributed by atoms with Crippen LogP contribution in [0.3, 0.4) is 0 Å². The second-order valence-corrected chi connectivity index (χ2v) is 5.73. The number of hydrogen-bond acceptors (Lipinski definition) is 1. The van der Waals surface area contributed by atoms with Crippen molar-refractivity contribution in [1.29, 1.82) is 0 Å². The zero-order valence-electron chi connectivity index (χ0n) is 11.8. The maximum Gasteiger partial charge on any atom is 0.119 e. The zero-order chi connectivity index (χ0) is 12.8. The Hall–Kier alpha value is -0.980. The average molecular weight is 246 g/mol. The molecule has 0 atom stereocenters. The van der Waals surface area contributed by atoms with Crippen molar-refractivity contribution in [2.75, 3.05) is 6.61 Å². The van der Waals surface area contributed by atoms with Crippen LogP contribution in [0.1, 0.15) is 63.9 Å². The molecule has 0 N–H and O–H groups in total. The van der Waals surface area contributed by atoms with Crippen molar-refractivity contribution in [3.05, 3.63) is 29.8 Å². The van der Waals surface area contributed by atoms with Gasteiger partial charge in [-0.3, -0.25) is 0 Å². The number of hydrogen-bond donors (Lipinski definition) is 0. The van der Waals surface area contributed by atoms with E-state index in [1.807, 2.05) is 0 Å². The molecule has 0 spiro atoms. The Bertz CT molecular complexity index is 333. The molecule has 1 nitrogen and oxygen atoms in total. The van der Waals surface area contributed by atoms with E-state index in [1.54, 1.807) is 0 Å². The van der Waals surface area contributed by atoms with E-state index in [0.29, 0.717) is 0 Å². The van der Waals surface area contributed by atoms with E-state index in [2.05, 4.69) is 38.1 Å². The summed E-state index contributed by atoms with van der Waals surface area (Å²) in [5.41, 5.74) is 1.50. The van der Waals surface area contributed by atoms with E-state index in [-0.39, 0.29) is 0 Å². The van der Waals surface area contributed by atoms with E-state index >= 15 is 0 Å². The number of rotatable bonds is 5. The van der Waals surface area contributed by atoms with Crippen LogP contribution in [0.4, 0.5) is 0 Å². The quantitative estimate of drug-likeness (QED) is 0.652. The van der Waals surface area contributed by atoms with Crippen LogP contribution >= 0.6 is 0 Å². The van der Waals surface area contributed by atoms with E-state index in [0.717, 1.165) is 30.6 Å². The molecule has 18 heavy (non-hydrogen) atoms. The molecule has 0 unspecified atom stereocenters. The predicted molar refractivity (Wildman–Crippen MR) is 77.2 cm³/mol. The highest BCUT2D eigenvalue weighted by molar-refractivity contribution is 5.29. The highest BCUT2D eigenvalue weighted by atomic mass is 16.5. The minimum atomic E-state index is 0.783. The molecule has 0 amide bonds. The highest BCUT2D eigenvalue weighted by Gasteiger charge is 2.19. The average Bonchev–Trinajstić information content (AvgIpc) is 2.41. The second-order valence-electron chi connectivity index (χ2n) is 5.73. The van der Waals surface area contributed by atoms with Crippen molar-refractivity contribution in [3.8, 4) is 5.75 Å². The fourth-order valence-corrected chi connectivity index (χ4v) is 2.76. The zero-order valence-corrected chi connectivity index (χ0v) is 11.8. The second kappa shape index (κ2) is 6.82. The molecule has 1 heteroatoms. The minimum Gasteiger partial charge on any atom is -0.494 e. The first-order chi connectivity index (χ1) is 8.79. The summed E-state index contributed by atoms with van der Waals surface area (Å²) in [6, 6.07) is 8.82. The van der Waals surface area contributed by atoms with E-state index in [4.69, 9.17) is 4.74 Å². The normalized spacial score (nSPS) is 23.9. The maximum absolute atomic E-state index is 5.71. The molecule has 1 aliphatic rings. The molecule has 0 heterocycles. The summed E-state index contributed by atoms with van der Waals surface area (Å²) in [6.07, 6.45) is 7.83. The van der Waals surface area contributed by atoms with E-state index < -0.39 is 0 Å². The van der Waals surface area contributed by atoms with Gasteiger partial charge in [-0.2, -0.15) is 0 Å². The smallest absolute Gasteiger partial charge is 0.119 e. The van der Waals surface area contributed by atoms with Crippen LogP contribution in [-0.2, 0) is 0 Å². The summed E-state index contributed by atoms with van der Waals surface area (Å²) >= 11 is 0. The predicted octanol–water partition coefficient (Wildman–Crippen LogP) is 5.16. The van der Waals surface area contributed by atoms with Gasteiger partial charge in [-0.25, -0.2) is 0 Å². The molecular formula is C17H26O. The molecule has 0 aliphatic heterocycles. The lowest BCUT2D eigenvalue weighted by molar-refractivity contribution is 0.309. The molecule has 1 fully saturated rings.